The zero-order valence-corrected chi connectivity index (χ0v) is 38.5. The first-order chi connectivity index (χ1) is 26.4. The van der Waals surface area contributed by atoms with Crippen LogP contribution in [0.3, 0.4) is 0 Å². The fourth-order valence-corrected chi connectivity index (χ4v) is 9.48. The van der Waals surface area contributed by atoms with E-state index in [1.165, 1.54) is 11.1 Å². The number of ether oxygens (including phenoxy) is 2. The predicted molar refractivity (Wildman–Crippen MR) is 235 cm³/mol. The summed E-state index contributed by atoms with van der Waals surface area (Å²) < 4.78 is 29.6. The average Bonchev–Trinajstić information content (AvgIpc) is 3.70. The predicted octanol–water partition coefficient (Wildman–Crippen LogP) is 9.72. The second-order valence-corrected chi connectivity index (χ2v) is 28.0. The number of nitrogens with one attached hydrogen (secondary N) is 2. The fourth-order valence-electron chi connectivity index (χ4n) is 6.88. The Kier molecular flexibility index (Phi) is 14.4. The lowest BCUT2D eigenvalue weighted by atomic mass is 9.91. The van der Waals surface area contributed by atoms with Crippen molar-refractivity contribution in [2.24, 2.45) is 0 Å². The van der Waals surface area contributed by atoms with Gasteiger partial charge in [-0.25, -0.2) is 15.0 Å². The summed E-state index contributed by atoms with van der Waals surface area (Å²) in [6.07, 6.45) is 3.05. The molecular weight excluding hydrogens is 733 g/mol. The molecule has 1 aliphatic heterocycles. The average molecular weight is 803 g/mol. The molecule has 12 heteroatoms. The van der Waals surface area contributed by atoms with E-state index in [0.717, 1.165) is 25.2 Å². The lowest BCUT2D eigenvalue weighted by Gasteiger charge is -2.44. The summed E-state index contributed by atoms with van der Waals surface area (Å²) in [7, 11) is -2.87. The molecule has 0 saturated carbocycles. The molecule has 0 unspecified atom stereocenters. The van der Waals surface area contributed by atoms with Gasteiger partial charge in [0.25, 0.3) is 0 Å². The first kappa shape index (κ1) is 44.1. The molecule has 0 aliphatic carbocycles. The second kappa shape index (κ2) is 18.3. The van der Waals surface area contributed by atoms with Crippen molar-refractivity contribution in [1.82, 2.24) is 24.8 Å². The van der Waals surface area contributed by atoms with Crippen LogP contribution in [-0.4, -0.2) is 87.3 Å². The molecule has 1 aliphatic rings. The quantitative estimate of drug-likeness (QED) is 0.0952. The van der Waals surface area contributed by atoms with Gasteiger partial charge in [0.15, 0.2) is 39.8 Å². The standard InChI is InChI=1S/C44H70N6O4Si2/c1-14-33(15-2)45-27-26-36-48-40(46-28-34(31-22-18-16-19-23-31)32-24-20-17-21-25-32)37-41(49-36)50(30-47-37)42-39(54-56(12,13)44(6,7)8)38(35(52-42)29-51-9)53-55(10,11)43(3,4)5/h16-25,30,33-35,38-39,42,45H,14-15,26-29H2,1-13H3,(H,46,48,49)/t35-,38-,39-,42-/m1/s1. The van der Waals surface area contributed by atoms with Crippen molar-refractivity contribution >= 4 is 33.6 Å². The normalized spacial score (nSPS) is 19.8. The van der Waals surface area contributed by atoms with Gasteiger partial charge >= 0.3 is 0 Å². The van der Waals surface area contributed by atoms with Crippen molar-refractivity contribution in [3.8, 4) is 0 Å². The Labute approximate surface area is 339 Å². The molecule has 3 heterocycles. The Morgan fingerprint density at radius 1 is 0.804 bits per heavy atom. The van der Waals surface area contributed by atoms with Gasteiger partial charge in [0, 0.05) is 38.6 Å². The highest BCUT2D eigenvalue weighted by Gasteiger charge is 2.54. The van der Waals surface area contributed by atoms with Crippen LogP contribution >= 0.6 is 0 Å². The maximum Gasteiger partial charge on any atom is 0.192 e. The van der Waals surface area contributed by atoms with E-state index in [9.17, 15) is 0 Å². The molecule has 1 saturated heterocycles. The van der Waals surface area contributed by atoms with Crippen molar-refractivity contribution in [3.05, 3.63) is 83.9 Å². The molecule has 0 radical (unpaired) electrons. The molecule has 4 aromatic rings. The smallest absolute Gasteiger partial charge is 0.192 e. The van der Waals surface area contributed by atoms with Gasteiger partial charge in [0.2, 0.25) is 0 Å². The number of nitrogens with zero attached hydrogens (tertiary/aromatic N) is 4. The molecule has 5 rings (SSSR count). The van der Waals surface area contributed by atoms with E-state index >= 15 is 0 Å². The number of methoxy groups -OCH3 is 1. The molecule has 2 aromatic carbocycles. The summed E-state index contributed by atoms with van der Waals surface area (Å²) in [5, 5.41) is 7.43. The zero-order valence-electron chi connectivity index (χ0n) is 36.5. The van der Waals surface area contributed by atoms with Crippen molar-refractivity contribution in [2.75, 3.05) is 32.1 Å². The van der Waals surface area contributed by atoms with Crippen molar-refractivity contribution < 1.29 is 18.3 Å². The molecule has 1 fully saturated rings. The molecule has 0 bridgehead atoms. The molecule has 0 amide bonds. The van der Waals surface area contributed by atoms with Gasteiger partial charge in [-0.1, -0.05) is 116 Å². The minimum absolute atomic E-state index is 0.00537. The van der Waals surface area contributed by atoms with E-state index in [1.807, 2.05) is 6.33 Å². The van der Waals surface area contributed by atoms with Gasteiger partial charge in [-0.2, -0.15) is 0 Å². The molecule has 4 atom stereocenters. The summed E-state index contributed by atoms with van der Waals surface area (Å²) in [5.74, 6) is 1.57. The Balaban J connectivity index is 1.61. The summed E-state index contributed by atoms with van der Waals surface area (Å²) in [6.45, 7) is 29.1. The Morgan fingerprint density at radius 3 is 1.88 bits per heavy atom. The molecular formula is C44H70N6O4Si2. The number of anilines is 1. The highest BCUT2D eigenvalue weighted by atomic mass is 28.4. The van der Waals surface area contributed by atoms with E-state index in [1.54, 1.807) is 7.11 Å². The number of aromatic nitrogens is 4. The molecule has 308 valence electrons. The van der Waals surface area contributed by atoms with E-state index in [0.29, 0.717) is 42.6 Å². The largest absolute Gasteiger partial charge is 0.408 e. The Hall–Kier alpha value is -2.98. The first-order valence-corrected chi connectivity index (χ1v) is 26.5. The summed E-state index contributed by atoms with van der Waals surface area (Å²) in [5.41, 5.74) is 3.89. The number of fused-ring (bicyclic) bond motifs is 1. The van der Waals surface area contributed by atoms with E-state index < -0.39 is 29.0 Å². The van der Waals surface area contributed by atoms with Gasteiger partial charge in [-0.3, -0.25) is 4.57 Å². The third-order valence-corrected chi connectivity index (χ3v) is 21.4. The highest BCUT2D eigenvalue weighted by molar-refractivity contribution is 6.74. The van der Waals surface area contributed by atoms with Crippen LogP contribution in [0.5, 0.6) is 0 Å². The van der Waals surface area contributed by atoms with Crippen molar-refractivity contribution in [2.45, 2.75) is 147 Å². The SMILES string of the molecule is CCC(CC)NCCc1nc(NCC(c2ccccc2)c2ccccc2)c2ncn([C@@H]3O[C@H](COC)[C@@H](O[Si](C)(C)C(C)(C)C)[C@H]3O[Si](C)(C)C(C)(C)C)c2n1. The molecule has 10 nitrogen and oxygen atoms in total. The van der Waals surface area contributed by atoms with E-state index in [2.05, 4.69) is 157 Å². The third kappa shape index (κ3) is 10.2. The number of rotatable bonds is 18. The Bertz CT molecular complexity index is 1780. The van der Waals surface area contributed by atoms with Gasteiger partial charge in [0.05, 0.1) is 12.9 Å². The monoisotopic (exact) mass is 802 g/mol. The summed E-state index contributed by atoms with van der Waals surface area (Å²) >= 11 is 0. The van der Waals surface area contributed by atoms with Gasteiger partial charge in [-0.15, -0.1) is 0 Å². The third-order valence-electron chi connectivity index (χ3n) is 12.5. The van der Waals surface area contributed by atoms with Gasteiger partial charge < -0.3 is 29.0 Å². The second-order valence-electron chi connectivity index (χ2n) is 18.5. The topological polar surface area (TPSA) is 105 Å². The highest BCUT2D eigenvalue weighted by Crippen LogP contribution is 2.46. The maximum atomic E-state index is 7.39. The maximum absolute atomic E-state index is 7.39. The zero-order chi connectivity index (χ0) is 40.9. The minimum Gasteiger partial charge on any atom is -0.408 e. The lowest BCUT2D eigenvalue weighted by molar-refractivity contribution is -0.0562. The van der Waals surface area contributed by atoms with Crippen molar-refractivity contribution in [1.29, 1.82) is 0 Å². The Morgan fingerprint density at radius 2 is 1.36 bits per heavy atom. The fraction of sp³-hybridized carbons (Fsp3) is 0.614. The summed E-state index contributed by atoms with van der Waals surface area (Å²) in [6, 6.07) is 21.8. The van der Waals surface area contributed by atoms with Crippen LogP contribution in [0.15, 0.2) is 67.0 Å². The van der Waals surface area contributed by atoms with Gasteiger partial charge in [-0.05, 0) is 60.2 Å². The van der Waals surface area contributed by atoms with Crippen LogP contribution in [0, 0.1) is 0 Å². The minimum atomic E-state index is -2.33. The molecule has 2 N–H and O–H groups in total. The van der Waals surface area contributed by atoms with Crippen LogP contribution in [0.25, 0.3) is 11.2 Å². The summed E-state index contributed by atoms with van der Waals surface area (Å²) in [4.78, 5) is 15.4. The lowest BCUT2D eigenvalue weighted by Crippen LogP contribution is -2.54. The number of imidazole rings is 1. The molecule has 0 spiro atoms. The number of hydrogen-bond donors (Lipinski definition) is 2. The van der Waals surface area contributed by atoms with E-state index in [4.69, 9.17) is 33.3 Å². The van der Waals surface area contributed by atoms with Crippen LogP contribution in [0.2, 0.25) is 36.3 Å². The van der Waals surface area contributed by atoms with Crippen LogP contribution in [-0.2, 0) is 24.7 Å². The van der Waals surface area contributed by atoms with Crippen LogP contribution in [0.1, 0.15) is 97.3 Å². The van der Waals surface area contributed by atoms with Crippen LogP contribution in [0.4, 0.5) is 5.82 Å². The number of benzene rings is 2. The van der Waals surface area contributed by atoms with Crippen LogP contribution < -0.4 is 10.6 Å². The van der Waals surface area contributed by atoms with Gasteiger partial charge in [0.1, 0.15) is 24.1 Å². The first-order valence-electron chi connectivity index (χ1n) is 20.7. The molecule has 2 aromatic heterocycles. The van der Waals surface area contributed by atoms with E-state index in [-0.39, 0.29) is 28.2 Å². The molecule has 56 heavy (non-hydrogen) atoms. The van der Waals surface area contributed by atoms with Crippen molar-refractivity contribution in [3.63, 3.8) is 0 Å². The number of hydrogen-bond acceptors (Lipinski definition) is 9.